The van der Waals surface area contributed by atoms with Gasteiger partial charge in [0.05, 0.1) is 0 Å². The van der Waals surface area contributed by atoms with Gasteiger partial charge in [0.1, 0.15) is 5.52 Å². The topological polar surface area (TPSA) is 66.5 Å². The molecule has 0 atom stereocenters. The summed E-state index contributed by atoms with van der Waals surface area (Å²) in [5, 5.41) is 13.8. The summed E-state index contributed by atoms with van der Waals surface area (Å²) in [6.45, 7) is 2.24. The van der Waals surface area contributed by atoms with Gasteiger partial charge >= 0.3 is 0 Å². The molecule has 0 radical (unpaired) electrons. The third-order valence-electron chi connectivity index (χ3n) is 2.62. The first-order valence-electron chi connectivity index (χ1n) is 4.78. The summed E-state index contributed by atoms with van der Waals surface area (Å²) in [6.07, 6.45) is 2.98. The highest BCUT2D eigenvalue weighted by Crippen LogP contribution is 2.14. The van der Waals surface area contributed by atoms with E-state index < -0.39 is 0 Å². The fraction of sp³-hybridized carbons (Fsp3) is 0.444. The Balaban J connectivity index is 1.88. The zero-order chi connectivity index (χ0) is 9.38. The van der Waals surface area contributed by atoms with Crippen LogP contribution in [0.2, 0.25) is 0 Å². The van der Waals surface area contributed by atoms with Crippen LogP contribution in [0.25, 0.3) is 11.2 Å². The maximum absolute atomic E-state index is 4.23. The molecule has 2 aromatic rings. The fourth-order valence-corrected chi connectivity index (χ4v) is 1.72. The van der Waals surface area contributed by atoms with Crippen LogP contribution in [-0.2, 0) is 6.42 Å². The Bertz CT molecular complexity index is 445. The first-order valence-corrected chi connectivity index (χ1v) is 4.78. The van der Waals surface area contributed by atoms with Crippen molar-refractivity contribution in [1.82, 2.24) is 25.7 Å². The van der Waals surface area contributed by atoms with E-state index in [9.17, 15) is 0 Å². The van der Waals surface area contributed by atoms with Gasteiger partial charge in [-0.05, 0) is 37.1 Å². The minimum absolute atomic E-state index is 0.695. The molecule has 1 aliphatic heterocycles. The molecular weight excluding hydrogens is 178 g/mol. The van der Waals surface area contributed by atoms with E-state index in [1.807, 2.05) is 6.20 Å². The monoisotopic (exact) mass is 189 g/mol. The lowest BCUT2D eigenvalue weighted by Gasteiger charge is -2.26. The van der Waals surface area contributed by atoms with Crippen LogP contribution in [-0.4, -0.2) is 33.5 Å². The number of aromatic nitrogens is 4. The van der Waals surface area contributed by atoms with Gasteiger partial charge in [0.25, 0.3) is 0 Å². The van der Waals surface area contributed by atoms with Crippen LogP contribution in [0.4, 0.5) is 0 Å². The molecule has 0 saturated carbocycles. The molecular formula is C9H11N5. The van der Waals surface area contributed by atoms with E-state index >= 15 is 0 Å². The highest BCUT2D eigenvalue weighted by Gasteiger charge is 2.17. The van der Waals surface area contributed by atoms with Crippen LogP contribution in [0.3, 0.4) is 0 Å². The molecule has 14 heavy (non-hydrogen) atoms. The normalized spacial score (nSPS) is 17.1. The SMILES string of the molecule is c1nc2n[nH]nc2cc1CC1CNC1. The quantitative estimate of drug-likeness (QED) is 0.704. The van der Waals surface area contributed by atoms with Crippen LogP contribution in [0.1, 0.15) is 5.56 Å². The van der Waals surface area contributed by atoms with Crippen LogP contribution in [0.5, 0.6) is 0 Å². The summed E-state index contributed by atoms with van der Waals surface area (Å²) in [4.78, 5) is 4.23. The van der Waals surface area contributed by atoms with Crippen molar-refractivity contribution in [2.45, 2.75) is 6.42 Å². The fourth-order valence-electron chi connectivity index (χ4n) is 1.72. The average molecular weight is 189 g/mol. The molecule has 2 N–H and O–H groups in total. The van der Waals surface area contributed by atoms with Crippen molar-refractivity contribution >= 4 is 11.2 Å². The van der Waals surface area contributed by atoms with Gasteiger partial charge < -0.3 is 5.32 Å². The largest absolute Gasteiger partial charge is 0.316 e. The summed E-state index contributed by atoms with van der Waals surface area (Å²) >= 11 is 0. The summed E-state index contributed by atoms with van der Waals surface area (Å²) in [5.74, 6) is 0.765. The van der Waals surface area contributed by atoms with E-state index in [0.29, 0.717) is 5.65 Å². The molecule has 3 rings (SSSR count). The third kappa shape index (κ3) is 1.26. The first-order chi connectivity index (χ1) is 6.92. The van der Waals surface area contributed by atoms with Crippen LogP contribution in [0, 0.1) is 5.92 Å². The molecule has 0 aliphatic carbocycles. The molecule has 72 valence electrons. The van der Waals surface area contributed by atoms with Gasteiger partial charge in [-0.3, -0.25) is 0 Å². The van der Waals surface area contributed by atoms with Crippen molar-refractivity contribution in [3.8, 4) is 0 Å². The van der Waals surface area contributed by atoms with Gasteiger partial charge in [-0.2, -0.15) is 10.3 Å². The van der Waals surface area contributed by atoms with Crippen molar-refractivity contribution in [2.24, 2.45) is 5.92 Å². The van der Waals surface area contributed by atoms with Gasteiger partial charge in [0.2, 0.25) is 5.65 Å². The van der Waals surface area contributed by atoms with Crippen molar-refractivity contribution in [3.63, 3.8) is 0 Å². The number of pyridine rings is 1. The Kier molecular flexibility index (Phi) is 1.70. The highest BCUT2D eigenvalue weighted by molar-refractivity contribution is 5.68. The van der Waals surface area contributed by atoms with Crippen LogP contribution < -0.4 is 5.32 Å². The van der Waals surface area contributed by atoms with E-state index in [2.05, 4.69) is 31.8 Å². The molecule has 0 bridgehead atoms. The molecule has 0 spiro atoms. The Morgan fingerprint density at radius 2 is 2.29 bits per heavy atom. The molecule has 1 aliphatic rings. The minimum Gasteiger partial charge on any atom is -0.316 e. The Labute approximate surface area is 80.9 Å². The first kappa shape index (κ1) is 7.87. The second-order valence-electron chi connectivity index (χ2n) is 3.74. The summed E-state index contributed by atoms with van der Waals surface area (Å²) in [6, 6.07) is 2.06. The van der Waals surface area contributed by atoms with Gasteiger partial charge in [0.15, 0.2) is 0 Å². The Morgan fingerprint density at radius 1 is 1.36 bits per heavy atom. The van der Waals surface area contributed by atoms with Gasteiger partial charge in [-0.15, -0.1) is 5.10 Å². The predicted octanol–water partition coefficient (Wildman–Crippen LogP) is 0.115. The Hall–Kier alpha value is -1.49. The van der Waals surface area contributed by atoms with Gasteiger partial charge in [-0.25, -0.2) is 4.98 Å². The summed E-state index contributed by atoms with van der Waals surface area (Å²) in [5.41, 5.74) is 2.80. The molecule has 0 aromatic carbocycles. The van der Waals surface area contributed by atoms with Gasteiger partial charge in [-0.1, -0.05) is 0 Å². The number of nitrogens with one attached hydrogen (secondary N) is 2. The number of H-pyrrole nitrogens is 1. The smallest absolute Gasteiger partial charge is 0.201 e. The lowest BCUT2D eigenvalue weighted by Crippen LogP contribution is -2.43. The highest BCUT2D eigenvalue weighted by atomic mass is 15.3. The number of nitrogens with zero attached hydrogens (tertiary/aromatic N) is 3. The zero-order valence-corrected chi connectivity index (χ0v) is 7.70. The average Bonchev–Trinajstić information content (AvgIpc) is 2.58. The third-order valence-corrected chi connectivity index (χ3v) is 2.62. The van der Waals surface area contributed by atoms with E-state index in [1.54, 1.807) is 0 Å². The summed E-state index contributed by atoms with van der Waals surface area (Å²) in [7, 11) is 0. The van der Waals surface area contributed by atoms with Crippen molar-refractivity contribution in [3.05, 3.63) is 17.8 Å². The van der Waals surface area contributed by atoms with Crippen molar-refractivity contribution in [2.75, 3.05) is 13.1 Å². The maximum Gasteiger partial charge on any atom is 0.201 e. The number of aromatic amines is 1. The predicted molar refractivity (Wildman–Crippen MR) is 51.7 cm³/mol. The molecule has 2 aromatic heterocycles. The summed E-state index contributed by atoms with van der Waals surface area (Å²) < 4.78 is 0. The molecule has 5 nitrogen and oxygen atoms in total. The van der Waals surface area contributed by atoms with Crippen LogP contribution >= 0.6 is 0 Å². The standard InChI is InChI=1S/C9H11N5/c1(7-3-10-4-7)6-2-8-9(11-5-6)13-14-12-8/h2,5,7,10H,1,3-4H2,(H,11,12,13,14). The second kappa shape index (κ2) is 3.02. The minimum atomic E-state index is 0.695. The van der Waals surface area contributed by atoms with Crippen LogP contribution in [0.15, 0.2) is 12.3 Å². The Morgan fingerprint density at radius 3 is 3.07 bits per heavy atom. The van der Waals surface area contributed by atoms with E-state index in [1.165, 1.54) is 5.56 Å². The number of hydrogen-bond acceptors (Lipinski definition) is 4. The van der Waals surface area contributed by atoms with E-state index in [-0.39, 0.29) is 0 Å². The molecule has 1 fully saturated rings. The van der Waals surface area contributed by atoms with Crippen molar-refractivity contribution < 1.29 is 0 Å². The molecule has 3 heterocycles. The van der Waals surface area contributed by atoms with Crippen molar-refractivity contribution in [1.29, 1.82) is 0 Å². The number of fused-ring (bicyclic) bond motifs is 1. The molecule has 0 unspecified atom stereocenters. The van der Waals surface area contributed by atoms with E-state index in [4.69, 9.17) is 0 Å². The lowest BCUT2D eigenvalue weighted by molar-refractivity contribution is 0.346. The zero-order valence-electron chi connectivity index (χ0n) is 7.70. The second-order valence-corrected chi connectivity index (χ2v) is 3.74. The number of hydrogen-bond donors (Lipinski definition) is 2. The molecule has 1 saturated heterocycles. The van der Waals surface area contributed by atoms with Gasteiger partial charge in [0, 0.05) is 6.20 Å². The maximum atomic E-state index is 4.23. The molecule has 5 heteroatoms. The van der Waals surface area contributed by atoms with E-state index in [0.717, 1.165) is 30.9 Å². The molecule has 0 amide bonds. The number of rotatable bonds is 2. The lowest BCUT2D eigenvalue weighted by atomic mass is 9.95.